The van der Waals surface area contributed by atoms with Crippen LogP contribution in [0.3, 0.4) is 0 Å². The highest BCUT2D eigenvalue weighted by Crippen LogP contribution is 2.20. The number of nitrogens with one attached hydrogen (secondary N) is 2. The van der Waals surface area contributed by atoms with Crippen LogP contribution < -0.4 is 20.1 Å². The van der Waals surface area contributed by atoms with E-state index in [-0.39, 0.29) is 24.6 Å². The molecule has 2 amide bonds. The first-order chi connectivity index (χ1) is 14.9. The highest BCUT2D eigenvalue weighted by Gasteiger charge is 2.29. The fourth-order valence-electron chi connectivity index (χ4n) is 2.26. The van der Waals surface area contributed by atoms with Crippen LogP contribution in [0.4, 0.5) is 26.3 Å². The van der Waals surface area contributed by atoms with E-state index in [0.717, 1.165) is 0 Å². The normalized spacial score (nSPS) is 11.6. The van der Waals surface area contributed by atoms with Crippen LogP contribution in [0.25, 0.3) is 0 Å². The van der Waals surface area contributed by atoms with Gasteiger partial charge in [0.25, 0.3) is 0 Å². The number of alkyl halides is 6. The Morgan fingerprint density at radius 2 is 0.938 bits per heavy atom. The standard InChI is InChI=1S/C20H18F6N2O4/c21-19(22,23)11-31-15-5-1-13(2-6-15)9-27-17(29)18(30)28-10-14-3-7-16(8-4-14)32-12-20(24,25)26/h1-8H,9-12H2,(H,27,29)(H,28,30). The van der Waals surface area contributed by atoms with Gasteiger partial charge in [0.1, 0.15) is 11.5 Å². The molecule has 2 aromatic carbocycles. The topological polar surface area (TPSA) is 76.7 Å². The van der Waals surface area contributed by atoms with Crippen LogP contribution in [-0.2, 0) is 22.7 Å². The Hall–Kier alpha value is -3.44. The molecule has 0 bridgehead atoms. The summed E-state index contributed by atoms with van der Waals surface area (Å²) in [5, 5.41) is 4.70. The van der Waals surface area contributed by atoms with Gasteiger partial charge < -0.3 is 20.1 Å². The molecule has 0 heterocycles. The van der Waals surface area contributed by atoms with Crippen molar-refractivity contribution in [2.24, 2.45) is 0 Å². The fourth-order valence-corrected chi connectivity index (χ4v) is 2.26. The monoisotopic (exact) mass is 464 g/mol. The number of hydrogen-bond acceptors (Lipinski definition) is 4. The van der Waals surface area contributed by atoms with E-state index in [1.54, 1.807) is 0 Å². The second-order valence-corrected chi connectivity index (χ2v) is 6.46. The minimum absolute atomic E-state index is 0.00460. The minimum Gasteiger partial charge on any atom is -0.484 e. The zero-order valence-electron chi connectivity index (χ0n) is 16.3. The molecule has 0 fully saturated rings. The lowest BCUT2D eigenvalue weighted by atomic mass is 10.2. The molecule has 0 aliphatic heterocycles. The van der Waals surface area contributed by atoms with Gasteiger partial charge in [-0.15, -0.1) is 0 Å². The lowest BCUT2D eigenvalue weighted by Crippen LogP contribution is -2.39. The van der Waals surface area contributed by atoms with Crippen LogP contribution in [-0.4, -0.2) is 37.4 Å². The molecule has 0 saturated carbocycles. The first-order valence-corrected chi connectivity index (χ1v) is 9.04. The predicted octanol–water partition coefficient (Wildman–Crippen LogP) is 3.50. The van der Waals surface area contributed by atoms with Crippen molar-refractivity contribution in [1.82, 2.24) is 10.6 Å². The Labute approximate surface area is 178 Å². The molecule has 0 aliphatic rings. The molecule has 0 aliphatic carbocycles. The van der Waals surface area contributed by atoms with Crippen molar-refractivity contribution < 1.29 is 45.4 Å². The molecule has 0 atom stereocenters. The molecule has 0 aromatic heterocycles. The Morgan fingerprint density at radius 3 is 1.22 bits per heavy atom. The van der Waals surface area contributed by atoms with Crippen LogP contribution in [0.1, 0.15) is 11.1 Å². The summed E-state index contributed by atoms with van der Waals surface area (Å²) in [6.45, 7) is -2.94. The van der Waals surface area contributed by atoms with Crippen molar-refractivity contribution in [3.63, 3.8) is 0 Å². The Kier molecular flexibility index (Phi) is 8.33. The molecular weight excluding hydrogens is 446 g/mol. The van der Waals surface area contributed by atoms with Crippen molar-refractivity contribution >= 4 is 11.8 Å². The number of rotatable bonds is 8. The average molecular weight is 464 g/mol. The molecule has 2 rings (SSSR count). The average Bonchev–Trinajstić information content (AvgIpc) is 2.73. The van der Waals surface area contributed by atoms with Crippen molar-refractivity contribution in [2.45, 2.75) is 25.4 Å². The van der Waals surface area contributed by atoms with Crippen LogP contribution >= 0.6 is 0 Å². The summed E-state index contributed by atoms with van der Waals surface area (Å²) in [6, 6.07) is 11.0. The summed E-state index contributed by atoms with van der Waals surface area (Å²) in [5.74, 6) is -1.87. The number of hydrogen-bond donors (Lipinski definition) is 2. The van der Waals surface area contributed by atoms with Crippen LogP contribution in [0.15, 0.2) is 48.5 Å². The van der Waals surface area contributed by atoms with E-state index in [4.69, 9.17) is 0 Å². The van der Waals surface area contributed by atoms with Gasteiger partial charge >= 0.3 is 24.2 Å². The lowest BCUT2D eigenvalue weighted by molar-refractivity contribution is -0.154. The van der Waals surface area contributed by atoms with Crippen LogP contribution in [0.2, 0.25) is 0 Å². The van der Waals surface area contributed by atoms with Gasteiger partial charge in [-0.3, -0.25) is 9.59 Å². The third-order valence-electron chi connectivity index (χ3n) is 3.76. The number of benzene rings is 2. The first kappa shape index (κ1) is 24.8. The van der Waals surface area contributed by atoms with Crippen LogP contribution in [0.5, 0.6) is 11.5 Å². The third-order valence-corrected chi connectivity index (χ3v) is 3.76. The summed E-state index contributed by atoms with van der Waals surface area (Å²) in [4.78, 5) is 23.7. The number of carbonyl (C=O) groups is 2. The number of carbonyl (C=O) groups excluding carboxylic acids is 2. The maximum Gasteiger partial charge on any atom is 0.422 e. The van der Waals surface area contributed by atoms with Gasteiger partial charge in [0.05, 0.1) is 0 Å². The van der Waals surface area contributed by atoms with Crippen molar-refractivity contribution in [3.8, 4) is 11.5 Å². The SMILES string of the molecule is O=C(NCc1ccc(OCC(F)(F)F)cc1)C(=O)NCc1ccc(OCC(F)(F)F)cc1. The molecule has 32 heavy (non-hydrogen) atoms. The number of ether oxygens (including phenoxy) is 2. The second kappa shape index (κ2) is 10.7. The summed E-state index contributed by atoms with van der Waals surface area (Å²) >= 11 is 0. The Balaban J connectivity index is 1.73. The summed E-state index contributed by atoms with van der Waals surface area (Å²) < 4.78 is 81.8. The summed E-state index contributed by atoms with van der Waals surface area (Å²) in [7, 11) is 0. The maximum absolute atomic E-state index is 12.1. The van der Waals surface area contributed by atoms with E-state index < -0.39 is 37.4 Å². The highest BCUT2D eigenvalue weighted by atomic mass is 19.4. The van der Waals surface area contributed by atoms with Crippen molar-refractivity contribution in [2.75, 3.05) is 13.2 Å². The summed E-state index contributed by atoms with van der Waals surface area (Å²) in [6.07, 6.45) is -8.91. The molecule has 0 unspecified atom stereocenters. The third kappa shape index (κ3) is 9.58. The van der Waals surface area contributed by atoms with Crippen LogP contribution in [0, 0.1) is 0 Å². The first-order valence-electron chi connectivity index (χ1n) is 9.04. The molecule has 2 N–H and O–H groups in total. The molecule has 0 radical (unpaired) electrons. The quantitative estimate of drug-likeness (QED) is 0.463. The van der Waals surface area contributed by atoms with Gasteiger partial charge in [0, 0.05) is 13.1 Å². The van der Waals surface area contributed by atoms with E-state index in [2.05, 4.69) is 20.1 Å². The van der Waals surface area contributed by atoms with E-state index in [9.17, 15) is 35.9 Å². The second-order valence-electron chi connectivity index (χ2n) is 6.46. The summed E-state index contributed by atoms with van der Waals surface area (Å²) in [5.41, 5.74) is 1.06. The van der Waals surface area contributed by atoms with E-state index >= 15 is 0 Å². The smallest absolute Gasteiger partial charge is 0.422 e. The zero-order valence-corrected chi connectivity index (χ0v) is 16.3. The van der Waals surface area contributed by atoms with Crippen molar-refractivity contribution in [1.29, 1.82) is 0 Å². The van der Waals surface area contributed by atoms with Gasteiger partial charge in [0.2, 0.25) is 0 Å². The minimum atomic E-state index is -4.46. The molecule has 12 heteroatoms. The Morgan fingerprint density at radius 1 is 0.625 bits per heavy atom. The maximum atomic E-state index is 12.1. The lowest BCUT2D eigenvalue weighted by Gasteiger charge is -2.11. The zero-order chi connectivity index (χ0) is 23.8. The van der Waals surface area contributed by atoms with Gasteiger partial charge in [0.15, 0.2) is 13.2 Å². The Bertz CT molecular complexity index is 821. The fraction of sp³-hybridized carbons (Fsp3) is 0.300. The van der Waals surface area contributed by atoms with Crippen molar-refractivity contribution in [3.05, 3.63) is 59.7 Å². The van der Waals surface area contributed by atoms with Gasteiger partial charge in [-0.05, 0) is 35.4 Å². The number of halogens is 6. The van der Waals surface area contributed by atoms with E-state index in [0.29, 0.717) is 11.1 Å². The molecule has 2 aromatic rings. The molecule has 174 valence electrons. The number of amides is 2. The molecular formula is C20H18F6N2O4. The predicted molar refractivity (Wildman–Crippen MR) is 99.7 cm³/mol. The largest absolute Gasteiger partial charge is 0.484 e. The van der Waals surface area contributed by atoms with E-state index in [1.807, 2.05) is 0 Å². The molecule has 0 spiro atoms. The van der Waals surface area contributed by atoms with Gasteiger partial charge in [-0.25, -0.2) is 0 Å². The highest BCUT2D eigenvalue weighted by molar-refractivity contribution is 6.35. The molecule has 6 nitrogen and oxygen atoms in total. The van der Waals surface area contributed by atoms with Gasteiger partial charge in [-0.1, -0.05) is 24.3 Å². The van der Waals surface area contributed by atoms with Gasteiger partial charge in [-0.2, -0.15) is 26.3 Å². The molecule has 0 saturated heterocycles. The van der Waals surface area contributed by atoms with E-state index in [1.165, 1.54) is 48.5 Å².